The first kappa shape index (κ1) is 22.3. The zero-order valence-electron chi connectivity index (χ0n) is 20.9. The van der Waals surface area contributed by atoms with Crippen molar-refractivity contribution in [2.45, 2.75) is 84.6 Å². The molecule has 4 aliphatic carbocycles. The van der Waals surface area contributed by atoms with Gasteiger partial charge in [-0.25, -0.2) is 0 Å². The fourth-order valence-electron chi connectivity index (χ4n) is 9.28. The monoisotopic (exact) mass is 437 g/mol. The molecular weight excluding hydrogens is 394 g/mol. The number of rotatable bonds is 4. The van der Waals surface area contributed by atoms with Crippen molar-refractivity contribution in [2.24, 2.45) is 40.4 Å². The summed E-state index contributed by atoms with van der Waals surface area (Å²) < 4.78 is 5.35. The second-order valence-corrected chi connectivity index (χ2v) is 12.2. The Hall–Kier alpha value is -1.51. The van der Waals surface area contributed by atoms with Crippen LogP contribution in [0.15, 0.2) is 24.3 Å². The standard InChI is InChI=1S/C29H43NO2/c1-19(31)25-12-13-26-24-11-6-20-18-22(30(4)21-7-9-23(32-5)10-8-21)14-16-28(20,2)27(24)15-17-29(25,26)3/h7-10,20,22,24-27H,6,11-18H2,1-5H3/t20?,22-,24?,25-,26?,27?,28+,29-/m1/s1. The van der Waals surface area contributed by atoms with Crippen molar-refractivity contribution in [2.75, 3.05) is 19.1 Å². The van der Waals surface area contributed by atoms with Crippen molar-refractivity contribution in [3.05, 3.63) is 24.3 Å². The number of hydrogen-bond acceptors (Lipinski definition) is 3. The van der Waals surface area contributed by atoms with E-state index in [1.807, 2.05) is 6.92 Å². The molecule has 0 amide bonds. The van der Waals surface area contributed by atoms with Gasteiger partial charge in [0, 0.05) is 24.7 Å². The topological polar surface area (TPSA) is 29.5 Å². The van der Waals surface area contributed by atoms with Gasteiger partial charge in [-0.3, -0.25) is 4.79 Å². The first-order chi connectivity index (χ1) is 15.3. The van der Waals surface area contributed by atoms with Gasteiger partial charge in [-0.1, -0.05) is 13.8 Å². The van der Waals surface area contributed by atoms with Crippen LogP contribution in [0.5, 0.6) is 5.75 Å². The van der Waals surface area contributed by atoms with E-state index in [4.69, 9.17) is 4.74 Å². The number of methoxy groups -OCH3 is 1. The van der Waals surface area contributed by atoms with Crippen molar-refractivity contribution in [1.82, 2.24) is 0 Å². The van der Waals surface area contributed by atoms with E-state index in [1.54, 1.807) is 7.11 Å². The molecule has 0 radical (unpaired) electrons. The van der Waals surface area contributed by atoms with Crippen LogP contribution >= 0.6 is 0 Å². The number of nitrogens with zero attached hydrogens (tertiary/aromatic N) is 1. The lowest BCUT2D eigenvalue weighted by Gasteiger charge is -2.61. The summed E-state index contributed by atoms with van der Waals surface area (Å²) >= 11 is 0. The van der Waals surface area contributed by atoms with Crippen LogP contribution in [0.1, 0.15) is 78.6 Å². The minimum Gasteiger partial charge on any atom is -0.497 e. The number of ketones is 1. The average Bonchev–Trinajstić information content (AvgIpc) is 3.15. The molecule has 5 rings (SSSR count). The number of hydrogen-bond donors (Lipinski definition) is 0. The van der Waals surface area contributed by atoms with Crippen LogP contribution in [0.4, 0.5) is 5.69 Å². The SMILES string of the molecule is COc1ccc(N(C)[C@@H]2CC[C@@]3(C)C(CCC4C3CC[C@@]3(C)C4CC[C@@H]3C(C)=O)C2)cc1. The summed E-state index contributed by atoms with van der Waals surface area (Å²) in [5.74, 6) is 5.07. The lowest BCUT2D eigenvalue weighted by molar-refractivity contribution is -0.134. The smallest absolute Gasteiger partial charge is 0.133 e. The van der Waals surface area contributed by atoms with Crippen molar-refractivity contribution in [3.63, 3.8) is 0 Å². The first-order valence-electron chi connectivity index (χ1n) is 13.2. The second-order valence-electron chi connectivity index (χ2n) is 12.2. The van der Waals surface area contributed by atoms with E-state index in [-0.39, 0.29) is 5.41 Å². The molecule has 176 valence electrons. The van der Waals surface area contributed by atoms with Gasteiger partial charge in [-0.15, -0.1) is 0 Å². The maximum atomic E-state index is 12.4. The molecule has 4 aliphatic rings. The van der Waals surface area contributed by atoms with Crippen LogP contribution in [0.2, 0.25) is 0 Å². The van der Waals surface area contributed by atoms with Gasteiger partial charge in [0.25, 0.3) is 0 Å². The van der Waals surface area contributed by atoms with Crippen molar-refractivity contribution < 1.29 is 9.53 Å². The summed E-state index contributed by atoms with van der Waals surface area (Å²) in [6, 6.07) is 9.21. The first-order valence-corrected chi connectivity index (χ1v) is 13.2. The zero-order valence-corrected chi connectivity index (χ0v) is 20.9. The molecule has 4 saturated carbocycles. The Labute approximate surface area is 195 Å². The van der Waals surface area contributed by atoms with E-state index in [0.29, 0.717) is 23.2 Å². The molecule has 0 heterocycles. The highest BCUT2D eigenvalue weighted by molar-refractivity contribution is 5.79. The van der Waals surface area contributed by atoms with Crippen molar-refractivity contribution in [1.29, 1.82) is 0 Å². The van der Waals surface area contributed by atoms with Crippen LogP contribution < -0.4 is 9.64 Å². The van der Waals surface area contributed by atoms with Crippen LogP contribution in [-0.2, 0) is 4.79 Å². The van der Waals surface area contributed by atoms with Crippen LogP contribution in [0.3, 0.4) is 0 Å². The van der Waals surface area contributed by atoms with E-state index < -0.39 is 0 Å². The van der Waals surface area contributed by atoms with Crippen LogP contribution in [-0.4, -0.2) is 26.0 Å². The van der Waals surface area contributed by atoms with Gasteiger partial charge in [0.05, 0.1) is 7.11 Å². The van der Waals surface area contributed by atoms with Gasteiger partial charge >= 0.3 is 0 Å². The molecule has 32 heavy (non-hydrogen) atoms. The molecule has 3 nitrogen and oxygen atoms in total. The van der Waals surface area contributed by atoms with Gasteiger partial charge in [-0.05, 0) is 123 Å². The second kappa shape index (κ2) is 8.06. The fourth-order valence-corrected chi connectivity index (χ4v) is 9.28. The molecule has 0 bridgehead atoms. The number of carbonyl (C=O) groups excluding carboxylic acids is 1. The minimum absolute atomic E-state index is 0.280. The third-order valence-electron chi connectivity index (χ3n) is 11.2. The molecule has 4 unspecified atom stereocenters. The highest BCUT2D eigenvalue weighted by Crippen LogP contribution is 2.67. The molecule has 0 aliphatic heterocycles. The van der Waals surface area contributed by atoms with Gasteiger partial charge in [-0.2, -0.15) is 0 Å². The summed E-state index contributed by atoms with van der Waals surface area (Å²) in [5, 5.41) is 0. The van der Waals surface area contributed by atoms with Crippen LogP contribution in [0.25, 0.3) is 0 Å². The number of ether oxygens (including phenoxy) is 1. The summed E-state index contributed by atoms with van der Waals surface area (Å²) in [7, 11) is 4.02. The molecule has 8 atom stereocenters. The van der Waals surface area contributed by atoms with Gasteiger partial charge < -0.3 is 9.64 Å². The summed E-state index contributed by atoms with van der Waals surface area (Å²) in [4.78, 5) is 14.9. The molecule has 4 fully saturated rings. The normalized spacial score (nSPS) is 43.0. The predicted molar refractivity (Wildman–Crippen MR) is 131 cm³/mol. The predicted octanol–water partition coefficient (Wildman–Crippen LogP) is 6.75. The number of anilines is 1. The Kier molecular flexibility index (Phi) is 5.62. The van der Waals surface area contributed by atoms with E-state index in [1.165, 1.54) is 57.1 Å². The Morgan fingerprint density at radius 1 is 0.938 bits per heavy atom. The largest absolute Gasteiger partial charge is 0.497 e. The average molecular weight is 438 g/mol. The minimum atomic E-state index is 0.280. The third kappa shape index (κ3) is 3.32. The zero-order chi connectivity index (χ0) is 22.7. The van der Waals surface area contributed by atoms with E-state index in [0.717, 1.165) is 35.8 Å². The van der Waals surface area contributed by atoms with Gasteiger partial charge in [0.1, 0.15) is 11.5 Å². The fraction of sp³-hybridized carbons (Fsp3) is 0.759. The van der Waals surface area contributed by atoms with E-state index >= 15 is 0 Å². The number of benzene rings is 1. The highest BCUT2D eigenvalue weighted by atomic mass is 16.5. The third-order valence-corrected chi connectivity index (χ3v) is 11.2. The Morgan fingerprint density at radius 3 is 2.31 bits per heavy atom. The molecule has 3 heteroatoms. The van der Waals surface area contributed by atoms with Gasteiger partial charge in [0.2, 0.25) is 0 Å². The molecule has 1 aromatic rings. The molecule has 1 aromatic carbocycles. The highest BCUT2D eigenvalue weighted by Gasteiger charge is 2.60. The molecular formula is C29H43NO2. The maximum absolute atomic E-state index is 12.4. The maximum Gasteiger partial charge on any atom is 0.133 e. The summed E-state index contributed by atoms with van der Waals surface area (Å²) in [6.07, 6.45) is 11.9. The summed E-state index contributed by atoms with van der Waals surface area (Å²) in [5.41, 5.74) is 2.08. The Morgan fingerprint density at radius 2 is 1.62 bits per heavy atom. The molecule has 0 N–H and O–H groups in total. The van der Waals surface area contributed by atoms with Crippen molar-refractivity contribution in [3.8, 4) is 5.75 Å². The number of carbonyl (C=O) groups is 1. The molecule has 0 spiro atoms. The Balaban J connectivity index is 1.31. The van der Waals surface area contributed by atoms with Gasteiger partial charge in [0.15, 0.2) is 0 Å². The van der Waals surface area contributed by atoms with Crippen molar-refractivity contribution >= 4 is 11.5 Å². The van der Waals surface area contributed by atoms with Crippen LogP contribution in [0, 0.1) is 40.4 Å². The summed E-state index contributed by atoms with van der Waals surface area (Å²) in [6.45, 7) is 6.98. The number of Topliss-reactive ketones (excluding diaryl/α,β-unsaturated/α-hetero) is 1. The lowest BCUT2D eigenvalue weighted by atomic mass is 9.44. The lowest BCUT2D eigenvalue weighted by Crippen LogP contribution is -2.55. The molecule has 0 saturated heterocycles. The molecule has 0 aromatic heterocycles. The van der Waals surface area contributed by atoms with E-state index in [9.17, 15) is 4.79 Å². The Bertz CT molecular complexity index is 849. The quantitative estimate of drug-likeness (QED) is 0.522. The van der Waals surface area contributed by atoms with E-state index in [2.05, 4.69) is 50.1 Å². The number of fused-ring (bicyclic) bond motifs is 5.